The highest BCUT2D eigenvalue weighted by atomic mass is 16.7. The predicted molar refractivity (Wildman–Crippen MR) is 117 cm³/mol. The Labute approximate surface area is 200 Å². The molecule has 1 fully saturated rings. The molecule has 0 bridgehead atoms. The second-order valence-electron chi connectivity index (χ2n) is 7.59. The number of hydrogen-bond acceptors (Lipinski definition) is 8. The summed E-state index contributed by atoms with van der Waals surface area (Å²) in [5.74, 6) is -0.526. The number of benzene rings is 1. The van der Waals surface area contributed by atoms with Crippen molar-refractivity contribution in [2.24, 2.45) is 0 Å². The van der Waals surface area contributed by atoms with Crippen LogP contribution in [0.15, 0.2) is 24.3 Å². The molecule has 0 aliphatic carbocycles. The summed E-state index contributed by atoms with van der Waals surface area (Å²) in [6.45, 7) is -2.16. The van der Waals surface area contributed by atoms with E-state index in [2.05, 4.69) is 5.10 Å². The molecule has 1 aromatic heterocycles. The van der Waals surface area contributed by atoms with E-state index in [9.17, 15) is 20.4 Å². The van der Waals surface area contributed by atoms with E-state index >= 15 is 0 Å². The van der Waals surface area contributed by atoms with E-state index in [0.717, 1.165) is 0 Å². The number of aliphatic hydroxyl groups excluding tert-OH is 4. The Morgan fingerprint density at radius 1 is 1.19 bits per heavy atom. The van der Waals surface area contributed by atoms with Gasteiger partial charge in [-0.15, -0.1) is 5.10 Å². The first-order valence-electron chi connectivity index (χ1n) is 14.5. The Morgan fingerprint density at radius 2 is 1.88 bits per heavy atom. The van der Waals surface area contributed by atoms with Gasteiger partial charge in [-0.3, -0.25) is 4.68 Å². The maximum absolute atomic E-state index is 10.4. The fourth-order valence-electron chi connectivity index (χ4n) is 3.31. The molecular formula is C23H34N2O7. The van der Waals surface area contributed by atoms with Crippen molar-refractivity contribution >= 4 is 0 Å². The molecule has 4 N–H and O–H groups in total. The Balaban J connectivity index is 2.02. The predicted octanol–water partition coefficient (Wildman–Crippen LogP) is 1.33. The monoisotopic (exact) mass is 459 g/mol. The molecule has 0 unspecified atom stereocenters. The lowest BCUT2D eigenvalue weighted by atomic mass is 9.99. The summed E-state index contributed by atoms with van der Waals surface area (Å²) in [7, 11) is 0. The van der Waals surface area contributed by atoms with Crippen molar-refractivity contribution in [2.45, 2.75) is 83.7 Å². The summed E-state index contributed by atoms with van der Waals surface area (Å²) in [4.78, 5) is 0. The standard InChI is InChI=1S/C23H34N2O7/c1-12(2)25-14(5)17(10-15-6-8-16(9-7-15)30-13(3)4)22(24-25)32-23-21(29)20(28)19(27)18(11-26)31-23/h6-9,12-13,18-21,23,26-29H,10-11H2,1-5H3/t18-,19-,20+,21-,23+/m1/s1/i3D3,4D3,10D2,12D. The van der Waals surface area contributed by atoms with E-state index in [-0.39, 0.29) is 22.6 Å². The van der Waals surface area contributed by atoms with Gasteiger partial charge in [0.05, 0.1) is 14.1 Å². The summed E-state index contributed by atoms with van der Waals surface area (Å²) < 4.78 is 88.8. The van der Waals surface area contributed by atoms with Crippen LogP contribution in [0.3, 0.4) is 0 Å². The van der Waals surface area contributed by atoms with Crippen LogP contribution in [0.2, 0.25) is 0 Å². The van der Waals surface area contributed by atoms with Gasteiger partial charge in [0.2, 0.25) is 12.2 Å². The van der Waals surface area contributed by atoms with Crippen LogP contribution < -0.4 is 9.47 Å². The van der Waals surface area contributed by atoms with E-state index in [0.29, 0.717) is 0 Å². The van der Waals surface area contributed by atoms with Crippen LogP contribution in [-0.4, -0.2) is 73.6 Å². The topological polar surface area (TPSA) is 126 Å². The minimum Gasteiger partial charge on any atom is -0.491 e. The summed E-state index contributed by atoms with van der Waals surface area (Å²) in [5.41, 5.74) is -0.0145. The van der Waals surface area contributed by atoms with E-state index < -0.39 is 75.4 Å². The molecule has 5 atom stereocenters. The maximum atomic E-state index is 10.4. The van der Waals surface area contributed by atoms with Crippen LogP contribution in [0.5, 0.6) is 11.6 Å². The molecule has 1 aromatic carbocycles. The molecule has 3 rings (SSSR count). The minimum absolute atomic E-state index is 0.00624. The Hall–Kier alpha value is -2.17. The molecule has 0 radical (unpaired) electrons. The van der Waals surface area contributed by atoms with Crippen LogP contribution in [0.4, 0.5) is 0 Å². The molecule has 0 amide bonds. The van der Waals surface area contributed by atoms with Gasteiger partial charge in [-0.25, -0.2) is 0 Å². The molecule has 2 heterocycles. The lowest BCUT2D eigenvalue weighted by Crippen LogP contribution is -2.60. The molecule has 0 saturated carbocycles. The second kappa shape index (κ2) is 10.2. The first-order chi connectivity index (χ1) is 18.6. The first-order valence-corrected chi connectivity index (χ1v) is 9.95. The van der Waals surface area contributed by atoms with Crippen molar-refractivity contribution in [2.75, 3.05) is 6.61 Å². The van der Waals surface area contributed by atoms with Gasteiger partial charge in [-0.05, 0) is 52.2 Å². The number of ether oxygens (including phenoxy) is 3. The number of nitrogens with zero attached hydrogens (tertiary/aromatic N) is 2. The Bertz CT molecular complexity index is 1180. The zero-order valence-electron chi connectivity index (χ0n) is 26.9. The van der Waals surface area contributed by atoms with Crippen LogP contribution >= 0.6 is 0 Å². The quantitative estimate of drug-likeness (QED) is 0.466. The second-order valence-corrected chi connectivity index (χ2v) is 7.59. The number of rotatable bonds is 8. The lowest BCUT2D eigenvalue weighted by molar-refractivity contribution is -0.278. The molecule has 1 aliphatic rings. The number of aromatic nitrogens is 2. The van der Waals surface area contributed by atoms with Crippen molar-refractivity contribution in [3.8, 4) is 11.6 Å². The summed E-state index contributed by atoms with van der Waals surface area (Å²) in [6.07, 6.45) is -12.7. The van der Waals surface area contributed by atoms with Gasteiger partial charge in [0.1, 0.15) is 30.2 Å². The fourth-order valence-corrected chi connectivity index (χ4v) is 3.31. The highest BCUT2D eigenvalue weighted by Crippen LogP contribution is 2.31. The van der Waals surface area contributed by atoms with Crippen molar-refractivity contribution in [3.63, 3.8) is 0 Å². The number of aliphatic hydroxyl groups is 4. The van der Waals surface area contributed by atoms with E-state index in [1.807, 2.05) is 0 Å². The molecule has 9 nitrogen and oxygen atoms in total. The van der Waals surface area contributed by atoms with Gasteiger partial charge in [0.25, 0.3) is 0 Å². The highest BCUT2D eigenvalue weighted by molar-refractivity contribution is 5.38. The summed E-state index contributed by atoms with van der Waals surface area (Å²) in [6, 6.07) is 3.54. The zero-order valence-corrected chi connectivity index (χ0v) is 17.9. The molecule has 1 saturated heterocycles. The molecule has 32 heavy (non-hydrogen) atoms. The van der Waals surface area contributed by atoms with Gasteiger partial charge < -0.3 is 34.6 Å². The van der Waals surface area contributed by atoms with E-state index in [4.69, 9.17) is 26.5 Å². The smallest absolute Gasteiger partial charge is 0.239 e. The Kier molecular flexibility index (Phi) is 4.73. The van der Waals surface area contributed by atoms with Gasteiger partial charge in [-0.2, -0.15) is 0 Å². The van der Waals surface area contributed by atoms with Crippen LogP contribution in [0.1, 0.15) is 62.7 Å². The average molecular weight is 460 g/mol. The summed E-state index contributed by atoms with van der Waals surface area (Å²) >= 11 is 0. The molecule has 9 heteroatoms. The van der Waals surface area contributed by atoms with Crippen molar-refractivity contribution < 1.29 is 47.0 Å². The highest BCUT2D eigenvalue weighted by Gasteiger charge is 2.45. The van der Waals surface area contributed by atoms with Crippen LogP contribution in [0, 0.1) is 6.92 Å². The lowest BCUT2D eigenvalue weighted by Gasteiger charge is -2.39. The van der Waals surface area contributed by atoms with Crippen molar-refractivity contribution in [3.05, 3.63) is 41.1 Å². The molecule has 1 aliphatic heterocycles. The van der Waals surface area contributed by atoms with Crippen molar-refractivity contribution in [1.29, 1.82) is 0 Å². The normalized spacial score (nSPS) is 31.8. The average Bonchev–Trinajstić information content (AvgIpc) is 3.18. The van der Waals surface area contributed by atoms with Gasteiger partial charge >= 0.3 is 0 Å². The molecular weight excluding hydrogens is 416 g/mol. The van der Waals surface area contributed by atoms with Crippen LogP contribution in [-0.2, 0) is 11.1 Å². The number of hydrogen-bond donors (Lipinski definition) is 4. The van der Waals surface area contributed by atoms with Gasteiger partial charge in [-0.1, -0.05) is 12.1 Å². The van der Waals surface area contributed by atoms with E-state index in [1.54, 1.807) is 0 Å². The SMILES string of the molecule is [2H]C([2H])(c1ccc(OC(C([2H])([2H])[2H])C([2H])([2H])[2H])cc1)c1c(O[C@@H]2O[C@H](CO)[C@@H](O)[C@H](O)[C@H]2O)nn(C([2H])(C)C)c1C. The molecule has 178 valence electrons. The molecule has 2 aromatic rings. The maximum Gasteiger partial charge on any atom is 0.239 e. The third-order valence-electron chi connectivity index (χ3n) is 4.96. The first kappa shape index (κ1) is 14.9. The Morgan fingerprint density at radius 3 is 2.47 bits per heavy atom. The van der Waals surface area contributed by atoms with E-state index in [1.165, 1.54) is 49.7 Å². The molecule has 0 spiro atoms. The van der Waals surface area contributed by atoms with Crippen LogP contribution in [0.25, 0.3) is 0 Å². The van der Waals surface area contributed by atoms with Crippen molar-refractivity contribution in [1.82, 2.24) is 9.78 Å². The third kappa shape index (κ3) is 5.24. The largest absolute Gasteiger partial charge is 0.491 e. The van der Waals surface area contributed by atoms with Gasteiger partial charge in [0, 0.05) is 34.6 Å². The van der Waals surface area contributed by atoms with Gasteiger partial charge in [0.15, 0.2) is 0 Å². The minimum atomic E-state index is -2.95. The fraction of sp³-hybridized carbons (Fsp3) is 0.609. The summed E-state index contributed by atoms with van der Waals surface area (Å²) in [5, 5.41) is 44.4. The zero-order chi connectivity index (χ0) is 31.3. The third-order valence-corrected chi connectivity index (χ3v) is 4.96.